The van der Waals surface area contributed by atoms with Gasteiger partial charge in [0.2, 0.25) is 0 Å². The van der Waals surface area contributed by atoms with Crippen LogP contribution >= 0.6 is 0 Å². The Morgan fingerprint density at radius 3 is 2.60 bits per heavy atom. The second kappa shape index (κ2) is 2.28. The van der Waals surface area contributed by atoms with Gasteiger partial charge in [-0.2, -0.15) is 0 Å². The third-order valence-corrected chi connectivity index (χ3v) is 1.59. The molecule has 1 saturated heterocycles. The summed E-state index contributed by atoms with van der Waals surface area (Å²) in [7, 11) is 0. The summed E-state index contributed by atoms with van der Waals surface area (Å²) < 4.78 is 4.62. The van der Waals surface area contributed by atoms with E-state index in [0.29, 0.717) is 0 Å². The molecule has 0 aliphatic carbocycles. The van der Waals surface area contributed by atoms with E-state index in [4.69, 9.17) is 5.11 Å². The van der Waals surface area contributed by atoms with Crippen LogP contribution in [0.4, 0.5) is 0 Å². The second-order valence-electron chi connectivity index (χ2n) is 2.34. The predicted molar refractivity (Wildman–Crippen MR) is 31.3 cm³/mol. The Bertz CT molecular complexity index is 175. The number of carboxylic acid groups (broad SMARTS) is 1. The Hall–Kier alpha value is -1.06. The minimum atomic E-state index is -0.960. The van der Waals surface area contributed by atoms with Crippen LogP contribution in [-0.4, -0.2) is 23.1 Å². The highest BCUT2D eigenvalue weighted by Gasteiger charge is 2.36. The molecular formula is C6H8O4. The average molecular weight is 144 g/mol. The normalized spacial score (nSPS) is 31.9. The molecule has 0 aromatic heterocycles. The number of rotatable bonds is 1. The van der Waals surface area contributed by atoms with Gasteiger partial charge in [0.05, 0.1) is 6.42 Å². The molecule has 1 aliphatic heterocycles. The molecule has 56 valence electrons. The number of carbonyl (C=O) groups is 2. The van der Waals surface area contributed by atoms with Gasteiger partial charge in [0.1, 0.15) is 12.0 Å². The zero-order chi connectivity index (χ0) is 7.72. The van der Waals surface area contributed by atoms with Gasteiger partial charge in [-0.3, -0.25) is 9.59 Å². The number of cyclic esters (lactones) is 1. The van der Waals surface area contributed by atoms with E-state index < -0.39 is 24.0 Å². The lowest BCUT2D eigenvalue weighted by atomic mass is 10.0. The molecule has 4 nitrogen and oxygen atoms in total. The topological polar surface area (TPSA) is 63.6 Å². The molecule has 2 unspecified atom stereocenters. The third kappa shape index (κ3) is 1.10. The van der Waals surface area contributed by atoms with Crippen molar-refractivity contribution >= 4 is 11.9 Å². The number of ether oxygens (including phenoxy) is 1. The molecule has 10 heavy (non-hydrogen) atoms. The Kier molecular flexibility index (Phi) is 1.61. The molecule has 1 rings (SSSR count). The third-order valence-electron chi connectivity index (χ3n) is 1.59. The van der Waals surface area contributed by atoms with E-state index >= 15 is 0 Å². The van der Waals surface area contributed by atoms with E-state index in [-0.39, 0.29) is 6.42 Å². The van der Waals surface area contributed by atoms with E-state index in [1.54, 1.807) is 6.92 Å². The van der Waals surface area contributed by atoms with Crippen molar-refractivity contribution in [3.05, 3.63) is 0 Å². The van der Waals surface area contributed by atoms with Gasteiger partial charge in [-0.25, -0.2) is 0 Å². The van der Waals surface area contributed by atoms with Crippen LogP contribution in [-0.2, 0) is 14.3 Å². The highest BCUT2D eigenvalue weighted by atomic mass is 16.6. The highest BCUT2D eigenvalue weighted by molar-refractivity contribution is 5.82. The Labute approximate surface area is 57.8 Å². The standard InChI is InChI=1S/C6H8O4/c1-3-4(6(8)9)2-5(7)10-3/h3-4H,2H2,1H3,(H,8,9). The molecule has 2 atom stereocenters. The highest BCUT2D eigenvalue weighted by Crippen LogP contribution is 2.21. The number of hydrogen-bond acceptors (Lipinski definition) is 3. The molecule has 0 saturated carbocycles. The molecule has 1 heterocycles. The van der Waals surface area contributed by atoms with E-state index in [2.05, 4.69) is 4.74 Å². The van der Waals surface area contributed by atoms with Crippen molar-refractivity contribution in [2.24, 2.45) is 5.92 Å². The van der Waals surface area contributed by atoms with Crippen LogP contribution in [0.1, 0.15) is 13.3 Å². The Balaban J connectivity index is 2.63. The van der Waals surface area contributed by atoms with Crippen molar-refractivity contribution in [1.29, 1.82) is 0 Å². The van der Waals surface area contributed by atoms with Crippen molar-refractivity contribution < 1.29 is 19.4 Å². The SMILES string of the molecule is CC1OC(=O)CC1C(=O)O. The van der Waals surface area contributed by atoms with Crippen molar-refractivity contribution in [3.63, 3.8) is 0 Å². The van der Waals surface area contributed by atoms with Gasteiger partial charge in [-0.05, 0) is 6.92 Å². The summed E-state index contributed by atoms with van der Waals surface area (Å²) in [5.41, 5.74) is 0. The van der Waals surface area contributed by atoms with Crippen LogP contribution in [0.15, 0.2) is 0 Å². The van der Waals surface area contributed by atoms with Crippen LogP contribution in [0.5, 0.6) is 0 Å². The summed E-state index contributed by atoms with van der Waals surface area (Å²) in [6.07, 6.45) is -0.457. The first kappa shape index (κ1) is 7.05. The maximum absolute atomic E-state index is 10.5. The minimum absolute atomic E-state index is 0.0104. The summed E-state index contributed by atoms with van der Waals surface area (Å²) in [5.74, 6) is -2.02. The van der Waals surface area contributed by atoms with Gasteiger partial charge in [-0.1, -0.05) is 0 Å². The first-order valence-corrected chi connectivity index (χ1v) is 3.03. The molecule has 0 bridgehead atoms. The van der Waals surface area contributed by atoms with Gasteiger partial charge in [0, 0.05) is 0 Å². The van der Waals surface area contributed by atoms with Gasteiger partial charge >= 0.3 is 11.9 Å². The molecular weight excluding hydrogens is 136 g/mol. The molecule has 1 N–H and O–H groups in total. The van der Waals surface area contributed by atoms with E-state index in [1.165, 1.54) is 0 Å². The predicted octanol–water partition coefficient (Wildman–Crippen LogP) is 0.0226. The second-order valence-corrected chi connectivity index (χ2v) is 2.34. The monoisotopic (exact) mass is 144 g/mol. The summed E-state index contributed by atoms with van der Waals surface area (Å²) in [6.45, 7) is 1.59. The zero-order valence-corrected chi connectivity index (χ0v) is 5.53. The minimum Gasteiger partial charge on any atom is -0.481 e. The molecule has 1 aliphatic rings. The van der Waals surface area contributed by atoms with Crippen LogP contribution in [0, 0.1) is 5.92 Å². The average Bonchev–Trinajstić information content (AvgIpc) is 2.10. The van der Waals surface area contributed by atoms with Crippen LogP contribution < -0.4 is 0 Å². The molecule has 0 aromatic carbocycles. The number of hydrogen-bond donors (Lipinski definition) is 1. The van der Waals surface area contributed by atoms with Crippen molar-refractivity contribution in [2.75, 3.05) is 0 Å². The van der Waals surface area contributed by atoms with Gasteiger partial charge in [-0.15, -0.1) is 0 Å². The van der Waals surface area contributed by atoms with Gasteiger partial charge < -0.3 is 9.84 Å². The Morgan fingerprint density at radius 1 is 1.80 bits per heavy atom. The van der Waals surface area contributed by atoms with Crippen molar-refractivity contribution in [3.8, 4) is 0 Å². The van der Waals surface area contributed by atoms with E-state index in [0.717, 1.165) is 0 Å². The summed E-state index contributed by atoms with van der Waals surface area (Å²) in [5, 5.41) is 8.47. The first-order valence-electron chi connectivity index (χ1n) is 3.03. The maximum Gasteiger partial charge on any atom is 0.310 e. The fourth-order valence-corrected chi connectivity index (χ4v) is 0.971. The molecule has 0 radical (unpaired) electrons. The van der Waals surface area contributed by atoms with E-state index in [1.807, 2.05) is 0 Å². The number of carboxylic acids is 1. The summed E-state index contributed by atoms with van der Waals surface area (Å²) in [6, 6.07) is 0. The lowest BCUT2D eigenvalue weighted by molar-refractivity contribution is -0.143. The van der Waals surface area contributed by atoms with E-state index in [9.17, 15) is 9.59 Å². The molecule has 0 amide bonds. The maximum atomic E-state index is 10.5. The Morgan fingerprint density at radius 2 is 2.40 bits per heavy atom. The first-order chi connectivity index (χ1) is 4.61. The van der Waals surface area contributed by atoms with Crippen LogP contribution in [0.2, 0.25) is 0 Å². The zero-order valence-electron chi connectivity index (χ0n) is 5.53. The van der Waals surface area contributed by atoms with Crippen molar-refractivity contribution in [2.45, 2.75) is 19.4 Å². The summed E-state index contributed by atoms with van der Waals surface area (Å²) in [4.78, 5) is 20.8. The fourth-order valence-electron chi connectivity index (χ4n) is 0.971. The molecule has 0 spiro atoms. The largest absolute Gasteiger partial charge is 0.481 e. The van der Waals surface area contributed by atoms with Crippen LogP contribution in [0.3, 0.4) is 0 Å². The lowest BCUT2D eigenvalue weighted by Crippen LogP contribution is -2.20. The van der Waals surface area contributed by atoms with Crippen LogP contribution in [0.25, 0.3) is 0 Å². The lowest BCUT2D eigenvalue weighted by Gasteiger charge is -2.05. The number of carbonyl (C=O) groups excluding carboxylic acids is 1. The molecule has 0 aromatic rings. The molecule has 4 heteroatoms. The van der Waals surface area contributed by atoms with Gasteiger partial charge in [0.15, 0.2) is 0 Å². The number of esters is 1. The quantitative estimate of drug-likeness (QED) is 0.527. The van der Waals surface area contributed by atoms with Gasteiger partial charge in [0.25, 0.3) is 0 Å². The number of aliphatic carboxylic acids is 1. The van der Waals surface area contributed by atoms with Crippen molar-refractivity contribution in [1.82, 2.24) is 0 Å². The smallest absolute Gasteiger partial charge is 0.310 e. The fraction of sp³-hybridized carbons (Fsp3) is 0.667. The molecule has 1 fully saturated rings. The summed E-state index contributed by atoms with van der Waals surface area (Å²) >= 11 is 0.